The highest BCUT2D eigenvalue weighted by molar-refractivity contribution is 5.97. The minimum absolute atomic E-state index is 0.0142. The van der Waals surface area contributed by atoms with Gasteiger partial charge in [-0.3, -0.25) is 9.59 Å². The summed E-state index contributed by atoms with van der Waals surface area (Å²) in [6.45, 7) is 1.21. The van der Waals surface area contributed by atoms with Crippen molar-refractivity contribution in [2.45, 2.75) is 18.4 Å². The Kier molecular flexibility index (Phi) is 3.19. The minimum atomic E-state index is -0.178. The molecule has 2 aliphatic rings. The molecule has 2 fully saturated rings. The quantitative estimate of drug-likeness (QED) is 0.775. The normalized spacial score (nSPS) is 18.2. The van der Waals surface area contributed by atoms with Crippen LogP contribution < -0.4 is 5.32 Å². The van der Waals surface area contributed by atoms with Gasteiger partial charge in [-0.15, -0.1) is 0 Å². The Labute approximate surface area is 150 Å². The average molecular weight is 346 g/mol. The number of carbonyl (C=O) groups is 2. The number of hydrogen-bond acceptors (Lipinski definition) is 3. The second kappa shape index (κ2) is 5.46. The standard InChI is InChI=1S/C21H18N2O3/c24-19-9-10-21(22-19)12-23(13-21)20(25)15-7-5-14(6-8-15)17-11-26-18-4-2-1-3-16(17)18/h1-8,11H,9-10,12-13H2,(H,22,24). The fourth-order valence-electron chi connectivity index (χ4n) is 4.02. The highest BCUT2D eigenvalue weighted by Crippen LogP contribution is 2.33. The zero-order valence-corrected chi connectivity index (χ0v) is 14.2. The Morgan fingerprint density at radius 1 is 1.08 bits per heavy atom. The summed E-state index contributed by atoms with van der Waals surface area (Å²) in [7, 11) is 0. The molecule has 5 rings (SSSR count). The largest absolute Gasteiger partial charge is 0.464 e. The van der Waals surface area contributed by atoms with E-state index in [4.69, 9.17) is 4.42 Å². The molecule has 1 spiro atoms. The van der Waals surface area contributed by atoms with Gasteiger partial charge in [-0.2, -0.15) is 0 Å². The predicted octanol–water partition coefficient (Wildman–Crippen LogP) is 3.20. The monoisotopic (exact) mass is 346 g/mol. The Bertz CT molecular complexity index is 1010. The SMILES string of the molecule is O=C1CCC2(CN(C(=O)c3ccc(-c4coc5ccccc45)cc3)C2)N1. The molecule has 2 aliphatic heterocycles. The molecule has 5 nitrogen and oxygen atoms in total. The zero-order chi connectivity index (χ0) is 17.7. The lowest BCUT2D eigenvalue weighted by atomic mass is 9.87. The third-order valence-corrected chi connectivity index (χ3v) is 5.43. The molecule has 1 aromatic heterocycles. The highest BCUT2D eigenvalue weighted by atomic mass is 16.3. The third-order valence-electron chi connectivity index (χ3n) is 5.43. The average Bonchev–Trinajstić information content (AvgIpc) is 3.24. The van der Waals surface area contributed by atoms with E-state index in [0.29, 0.717) is 25.1 Å². The highest BCUT2D eigenvalue weighted by Gasteiger charge is 2.49. The molecule has 0 aliphatic carbocycles. The van der Waals surface area contributed by atoms with Crippen molar-refractivity contribution < 1.29 is 14.0 Å². The van der Waals surface area contributed by atoms with Crippen molar-refractivity contribution in [3.63, 3.8) is 0 Å². The summed E-state index contributed by atoms with van der Waals surface area (Å²) in [6.07, 6.45) is 3.14. The van der Waals surface area contributed by atoms with Gasteiger partial charge in [-0.05, 0) is 30.2 Å². The molecule has 5 heteroatoms. The van der Waals surface area contributed by atoms with Gasteiger partial charge in [-0.25, -0.2) is 0 Å². The van der Waals surface area contributed by atoms with Crippen LogP contribution in [-0.4, -0.2) is 35.3 Å². The first-order chi connectivity index (χ1) is 12.6. The molecule has 0 saturated carbocycles. The molecule has 130 valence electrons. The molecule has 2 aromatic carbocycles. The van der Waals surface area contributed by atoms with Gasteiger partial charge in [0.25, 0.3) is 5.91 Å². The van der Waals surface area contributed by atoms with Crippen LogP contribution in [0.2, 0.25) is 0 Å². The third kappa shape index (κ3) is 2.31. The number of nitrogens with zero attached hydrogens (tertiary/aromatic N) is 1. The summed E-state index contributed by atoms with van der Waals surface area (Å²) in [5.41, 5.74) is 3.39. The molecule has 3 aromatic rings. The van der Waals surface area contributed by atoms with Crippen molar-refractivity contribution in [3.05, 3.63) is 60.4 Å². The van der Waals surface area contributed by atoms with Crippen molar-refractivity contribution in [2.75, 3.05) is 13.1 Å². The first-order valence-corrected chi connectivity index (χ1v) is 8.81. The second-order valence-corrected chi connectivity index (χ2v) is 7.21. The maximum atomic E-state index is 12.7. The van der Waals surface area contributed by atoms with Gasteiger partial charge in [-0.1, -0.05) is 30.3 Å². The second-order valence-electron chi connectivity index (χ2n) is 7.21. The van der Waals surface area contributed by atoms with E-state index < -0.39 is 0 Å². The lowest BCUT2D eigenvalue weighted by Gasteiger charge is -2.47. The van der Waals surface area contributed by atoms with Gasteiger partial charge >= 0.3 is 0 Å². The van der Waals surface area contributed by atoms with E-state index in [0.717, 1.165) is 28.5 Å². The number of nitrogens with one attached hydrogen (secondary N) is 1. The Morgan fingerprint density at radius 2 is 1.85 bits per heavy atom. The number of furan rings is 1. The van der Waals surface area contributed by atoms with Gasteiger partial charge in [0.1, 0.15) is 5.58 Å². The lowest BCUT2D eigenvalue weighted by Crippen LogP contribution is -2.68. The lowest BCUT2D eigenvalue weighted by molar-refractivity contribution is -0.120. The molecule has 1 N–H and O–H groups in total. The summed E-state index contributed by atoms with van der Waals surface area (Å²) >= 11 is 0. The van der Waals surface area contributed by atoms with Gasteiger partial charge in [0.2, 0.25) is 5.91 Å². The molecule has 0 unspecified atom stereocenters. The number of likely N-dealkylation sites (tertiary alicyclic amines) is 1. The van der Waals surface area contributed by atoms with Gasteiger partial charge in [0.15, 0.2) is 0 Å². The predicted molar refractivity (Wildman–Crippen MR) is 97.7 cm³/mol. The topological polar surface area (TPSA) is 62.6 Å². The molecular weight excluding hydrogens is 328 g/mol. The summed E-state index contributed by atoms with van der Waals surface area (Å²) < 4.78 is 5.60. The first-order valence-electron chi connectivity index (χ1n) is 8.81. The maximum Gasteiger partial charge on any atom is 0.254 e. The maximum absolute atomic E-state index is 12.7. The van der Waals surface area contributed by atoms with E-state index in [1.807, 2.05) is 48.5 Å². The summed E-state index contributed by atoms with van der Waals surface area (Å²) in [5, 5.41) is 4.07. The first kappa shape index (κ1) is 15.2. The van der Waals surface area contributed by atoms with Crippen LogP contribution in [0.15, 0.2) is 59.2 Å². The van der Waals surface area contributed by atoms with Gasteiger partial charge < -0.3 is 14.6 Å². The Hall–Kier alpha value is -3.08. The van der Waals surface area contributed by atoms with Crippen molar-refractivity contribution in [1.29, 1.82) is 0 Å². The van der Waals surface area contributed by atoms with E-state index in [2.05, 4.69) is 5.32 Å². The van der Waals surface area contributed by atoms with E-state index in [-0.39, 0.29) is 17.4 Å². The number of fused-ring (bicyclic) bond motifs is 1. The molecule has 0 atom stereocenters. The van der Waals surface area contributed by atoms with Crippen LogP contribution in [0.5, 0.6) is 0 Å². The smallest absolute Gasteiger partial charge is 0.254 e. The van der Waals surface area contributed by atoms with Crippen molar-refractivity contribution in [3.8, 4) is 11.1 Å². The molecule has 2 amide bonds. The number of rotatable bonds is 2. The number of hydrogen-bond donors (Lipinski definition) is 1. The zero-order valence-electron chi connectivity index (χ0n) is 14.2. The van der Waals surface area contributed by atoms with Crippen molar-refractivity contribution in [2.24, 2.45) is 0 Å². The summed E-state index contributed by atoms with van der Waals surface area (Å²) in [4.78, 5) is 25.9. The van der Waals surface area contributed by atoms with E-state index in [1.165, 1.54) is 0 Å². The van der Waals surface area contributed by atoms with Crippen molar-refractivity contribution >= 4 is 22.8 Å². The van der Waals surface area contributed by atoms with E-state index in [1.54, 1.807) is 11.2 Å². The molecular formula is C21H18N2O3. The van der Waals surface area contributed by atoms with Crippen molar-refractivity contribution in [1.82, 2.24) is 10.2 Å². The van der Waals surface area contributed by atoms with Crippen LogP contribution in [0.3, 0.4) is 0 Å². The molecule has 0 bridgehead atoms. The van der Waals surface area contributed by atoms with Gasteiger partial charge in [0.05, 0.1) is 11.8 Å². The van der Waals surface area contributed by atoms with Crippen LogP contribution >= 0.6 is 0 Å². The van der Waals surface area contributed by atoms with Crippen LogP contribution in [0.25, 0.3) is 22.1 Å². The Morgan fingerprint density at radius 3 is 2.58 bits per heavy atom. The van der Waals surface area contributed by atoms with Crippen LogP contribution in [-0.2, 0) is 4.79 Å². The van der Waals surface area contributed by atoms with Gasteiger partial charge in [0, 0.05) is 36.0 Å². The van der Waals surface area contributed by atoms with Crippen LogP contribution in [0.4, 0.5) is 0 Å². The number of amides is 2. The summed E-state index contributed by atoms with van der Waals surface area (Å²) in [5.74, 6) is 0.106. The van der Waals surface area contributed by atoms with Crippen LogP contribution in [0, 0.1) is 0 Å². The Balaban J connectivity index is 1.34. The number of carbonyl (C=O) groups excluding carboxylic acids is 2. The fourth-order valence-corrected chi connectivity index (χ4v) is 4.02. The molecule has 0 radical (unpaired) electrons. The molecule has 26 heavy (non-hydrogen) atoms. The minimum Gasteiger partial charge on any atom is -0.464 e. The molecule has 2 saturated heterocycles. The number of para-hydroxylation sites is 1. The molecule has 3 heterocycles. The fraction of sp³-hybridized carbons (Fsp3) is 0.238. The van der Waals surface area contributed by atoms with E-state index in [9.17, 15) is 9.59 Å². The number of benzene rings is 2. The van der Waals surface area contributed by atoms with E-state index >= 15 is 0 Å². The van der Waals surface area contributed by atoms with Crippen LogP contribution in [0.1, 0.15) is 23.2 Å². The summed E-state index contributed by atoms with van der Waals surface area (Å²) in [6, 6.07) is 15.5.